The molecule has 0 saturated carbocycles. The predicted octanol–water partition coefficient (Wildman–Crippen LogP) is 3.87. The second kappa shape index (κ2) is 6.17. The van der Waals surface area contributed by atoms with Gasteiger partial charge >= 0.3 is 12.1 Å². The third-order valence-electron chi connectivity index (χ3n) is 2.28. The van der Waals surface area contributed by atoms with Crippen LogP contribution in [0.3, 0.4) is 0 Å². The van der Waals surface area contributed by atoms with Crippen molar-refractivity contribution in [3.05, 3.63) is 45.5 Å². The summed E-state index contributed by atoms with van der Waals surface area (Å²) in [6.07, 6.45) is -4.72. The average molecular weight is 349 g/mol. The molecule has 0 aliphatic heterocycles. The molecule has 0 bridgehead atoms. The maximum absolute atomic E-state index is 12.3. The van der Waals surface area contributed by atoms with E-state index in [-0.39, 0.29) is 28.3 Å². The summed E-state index contributed by atoms with van der Waals surface area (Å²) in [7, 11) is 0. The molecule has 2 aromatic rings. The van der Waals surface area contributed by atoms with Crippen molar-refractivity contribution in [1.29, 1.82) is 0 Å². The zero-order chi connectivity index (χ0) is 14.2. The summed E-state index contributed by atoms with van der Waals surface area (Å²) >= 11 is 11.7. The molecule has 0 aliphatic rings. The van der Waals surface area contributed by atoms with E-state index in [9.17, 15) is 13.2 Å². The van der Waals surface area contributed by atoms with Crippen molar-refractivity contribution >= 4 is 35.6 Å². The molecule has 20 heavy (non-hydrogen) atoms. The number of aromatic nitrogens is 2. The van der Waals surface area contributed by atoms with Gasteiger partial charge in [-0.05, 0) is 11.6 Å². The van der Waals surface area contributed by atoms with E-state index < -0.39 is 18.1 Å². The minimum Gasteiger partial charge on any atom is -0.329 e. The first kappa shape index (κ1) is 17.0. The Morgan fingerprint density at radius 1 is 1.25 bits per heavy atom. The molecule has 10 heteroatoms. The van der Waals surface area contributed by atoms with Gasteiger partial charge in [-0.1, -0.05) is 40.5 Å². The lowest BCUT2D eigenvalue weighted by Crippen LogP contribution is -2.15. The minimum absolute atomic E-state index is 0. The molecular weight excluding hydrogens is 341 g/mol. The van der Waals surface area contributed by atoms with Crippen LogP contribution in [0.15, 0.2) is 22.7 Å². The zero-order valence-corrected chi connectivity index (χ0v) is 11.8. The highest BCUT2D eigenvalue weighted by molar-refractivity contribution is 6.42. The number of hydrogen-bond donors (Lipinski definition) is 1. The lowest BCUT2D eigenvalue weighted by Gasteiger charge is -2.10. The maximum atomic E-state index is 12.3. The van der Waals surface area contributed by atoms with E-state index in [1.165, 1.54) is 12.1 Å². The number of benzene rings is 1. The summed E-state index contributed by atoms with van der Waals surface area (Å²) in [6.45, 7) is 0. The van der Waals surface area contributed by atoms with Gasteiger partial charge in [-0.15, -0.1) is 12.4 Å². The molecule has 2 rings (SSSR count). The van der Waals surface area contributed by atoms with Gasteiger partial charge in [0.05, 0.1) is 16.1 Å². The Kier molecular flexibility index (Phi) is 5.26. The van der Waals surface area contributed by atoms with Crippen molar-refractivity contribution in [3.8, 4) is 0 Å². The minimum atomic E-state index is -4.72. The van der Waals surface area contributed by atoms with Crippen LogP contribution in [0.1, 0.15) is 23.3 Å². The van der Waals surface area contributed by atoms with Crippen LogP contribution < -0.4 is 5.73 Å². The van der Waals surface area contributed by atoms with Crippen LogP contribution in [-0.2, 0) is 6.18 Å². The van der Waals surface area contributed by atoms with Gasteiger partial charge in [0.1, 0.15) is 0 Å². The summed E-state index contributed by atoms with van der Waals surface area (Å²) in [5, 5.41) is 3.56. The molecule has 1 heterocycles. The molecule has 0 radical (unpaired) electrons. The summed E-state index contributed by atoms with van der Waals surface area (Å²) < 4.78 is 41.1. The Hall–Kier alpha value is -1.02. The van der Waals surface area contributed by atoms with E-state index in [1.54, 1.807) is 6.07 Å². The number of halogens is 6. The maximum Gasteiger partial charge on any atom is 0.471 e. The van der Waals surface area contributed by atoms with Gasteiger partial charge in [0.25, 0.3) is 0 Å². The molecule has 1 atom stereocenters. The van der Waals surface area contributed by atoms with Crippen molar-refractivity contribution in [2.24, 2.45) is 5.73 Å². The molecule has 0 spiro atoms. The van der Waals surface area contributed by atoms with Gasteiger partial charge in [0.15, 0.2) is 5.82 Å². The highest BCUT2D eigenvalue weighted by Crippen LogP contribution is 2.33. The van der Waals surface area contributed by atoms with Crippen LogP contribution in [-0.4, -0.2) is 10.1 Å². The predicted molar refractivity (Wildman–Crippen MR) is 69.0 cm³/mol. The van der Waals surface area contributed by atoms with Gasteiger partial charge in [-0.2, -0.15) is 18.2 Å². The van der Waals surface area contributed by atoms with Crippen molar-refractivity contribution in [3.63, 3.8) is 0 Å². The van der Waals surface area contributed by atoms with E-state index >= 15 is 0 Å². The van der Waals surface area contributed by atoms with Gasteiger partial charge in [0, 0.05) is 0 Å². The number of nitrogens with two attached hydrogens (primary N) is 1. The topological polar surface area (TPSA) is 64.9 Å². The number of alkyl halides is 3. The Labute approximate surface area is 127 Å². The fourth-order valence-electron chi connectivity index (χ4n) is 1.38. The Balaban J connectivity index is 0.00000200. The lowest BCUT2D eigenvalue weighted by atomic mass is 10.1. The highest BCUT2D eigenvalue weighted by atomic mass is 35.5. The second-order valence-electron chi connectivity index (χ2n) is 3.58. The van der Waals surface area contributed by atoms with E-state index in [0.717, 1.165) is 0 Å². The van der Waals surface area contributed by atoms with Gasteiger partial charge in [-0.3, -0.25) is 0 Å². The van der Waals surface area contributed by atoms with Crippen LogP contribution in [0.2, 0.25) is 10.0 Å². The van der Waals surface area contributed by atoms with Gasteiger partial charge in [0.2, 0.25) is 0 Å². The monoisotopic (exact) mass is 347 g/mol. The second-order valence-corrected chi connectivity index (χ2v) is 4.36. The van der Waals surface area contributed by atoms with Crippen LogP contribution in [0.4, 0.5) is 13.2 Å². The van der Waals surface area contributed by atoms with Gasteiger partial charge < -0.3 is 10.3 Å². The van der Waals surface area contributed by atoms with Crippen molar-refractivity contribution in [2.75, 3.05) is 0 Å². The Morgan fingerprint density at radius 3 is 2.45 bits per heavy atom. The van der Waals surface area contributed by atoms with Crippen LogP contribution in [0.25, 0.3) is 0 Å². The SMILES string of the molecule is Cl.NC(c1noc(C(F)(F)F)n1)c1cccc(Cl)c1Cl. The van der Waals surface area contributed by atoms with Crippen molar-refractivity contribution in [2.45, 2.75) is 12.2 Å². The molecule has 1 unspecified atom stereocenters. The van der Waals surface area contributed by atoms with E-state index in [1.807, 2.05) is 0 Å². The first-order valence-corrected chi connectivity index (χ1v) is 5.66. The fourth-order valence-corrected chi connectivity index (χ4v) is 1.80. The fraction of sp³-hybridized carbons (Fsp3) is 0.200. The third-order valence-corrected chi connectivity index (χ3v) is 3.11. The zero-order valence-electron chi connectivity index (χ0n) is 9.49. The van der Waals surface area contributed by atoms with E-state index in [2.05, 4.69) is 14.7 Å². The highest BCUT2D eigenvalue weighted by Gasteiger charge is 2.39. The summed E-state index contributed by atoms with van der Waals surface area (Å²) in [4.78, 5) is 3.20. The third kappa shape index (κ3) is 3.35. The van der Waals surface area contributed by atoms with Crippen LogP contribution in [0.5, 0.6) is 0 Å². The van der Waals surface area contributed by atoms with Crippen LogP contribution >= 0.6 is 35.6 Å². The van der Waals surface area contributed by atoms with Gasteiger partial charge in [-0.25, -0.2) is 0 Å². The van der Waals surface area contributed by atoms with E-state index in [0.29, 0.717) is 5.56 Å². The smallest absolute Gasteiger partial charge is 0.329 e. The summed E-state index contributed by atoms with van der Waals surface area (Å²) in [5.74, 6) is -1.78. The molecule has 2 N–H and O–H groups in total. The molecular formula is C10H7Cl3F3N3O. The average Bonchev–Trinajstić information content (AvgIpc) is 2.81. The first-order valence-electron chi connectivity index (χ1n) is 4.91. The lowest BCUT2D eigenvalue weighted by molar-refractivity contribution is -0.159. The molecule has 0 fully saturated rings. The summed E-state index contributed by atoms with van der Waals surface area (Å²) in [5.41, 5.74) is 6.06. The number of nitrogens with zero attached hydrogens (tertiary/aromatic N) is 2. The largest absolute Gasteiger partial charge is 0.471 e. The Morgan fingerprint density at radius 2 is 1.90 bits per heavy atom. The molecule has 0 aliphatic carbocycles. The molecule has 1 aromatic heterocycles. The van der Waals surface area contributed by atoms with E-state index in [4.69, 9.17) is 28.9 Å². The summed E-state index contributed by atoms with van der Waals surface area (Å²) in [6, 6.07) is 3.54. The molecule has 4 nitrogen and oxygen atoms in total. The van der Waals surface area contributed by atoms with Crippen molar-refractivity contribution in [1.82, 2.24) is 10.1 Å². The van der Waals surface area contributed by atoms with Crippen molar-refractivity contribution < 1.29 is 17.7 Å². The normalized spacial score (nSPS) is 12.9. The molecule has 1 aromatic carbocycles. The standard InChI is InChI=1S/C10H6Cl2F3N3O.ClH/c11-5-3-1-2-4(6(5)12)7(16)8-17-9(19-18-8)10(13,14)15;/h1-3,7H,16H2;1H. The molecule has 0 saturated heterocycles. The van der Waals surface area contributed by atoms with Crippen LogP contribution in [0, 0.1) is 0 Å². The molecule has 110 valence electrons. The first-order chi connectivity index (χ1) is 8.80. The number of rotatable bonds is 2. The Bertz CT molecular complexity index is 603. The molecule has 0 amide bonds. The number of hydrogen-bond acceptors (Lipinski definition) is 4. The quantitative estimate of drug-likeness (QED) is 0.895.